The van der Waals surface area contributed by atoms with Gasteiger partial charge in [-0.15, -0.1) is 22.7 Å². The molecular weight excluding hydrogens is 675 g/mol. The highest BCUT2D eigenvalue weighted by Crippen LogP contribution is 2.59. The van der Waals surface area contributed by atoms with Gasteiger partial charge in [-0.2, -0.15) is 0 Å². The van der Waals surface area contributed by atoms with E-state index in [0.717, 1.165) is 2.88 Å². The van der Waals surface area contributed by atoms with Crippen LogP contribution in [0, 0.1) is 31.5 Å². The number of fused-ring (bicyclic) bond motifs is 3. The Morgan fingerprint density at radius 3 is 2.40 bits per heavy atom. The lowest BCUT2D eigenvalue weighted by Gasteiger charge is -2.53. The summed E-state index contributed by atoms with van der Waals surface area (Å²) in [6.45, 7) is 0. The number of nitrogens with two attached hydrogens (primary N) is 1. The number of thiophene rings is 1. The summed E-state index contributed by atoms with van der Waals surface area (Å²) in [6, 6.07) is 4.27. The molecule has 13 heteroatoms. The first kappa shape index (κ1) is 29.9. The van der Waals surface area contributed by atoms with Gasteiger partial charge in [-0.05, 0) is 78.5 Å². The van der Waals surface area contributed by atoms with Crippen LogP contribution in [-0.2, 0) is 16.0 Å². The lowest BCUT2D eigenvalue weighted by Crippen LogP contribution is -2.65. The van der Waals surface area contributed by atoms with Gasteiger partial charge in [0.1, 0.15) is 22.8 Å². The fourth-order valence-electron chi connectivity index (χ4n) is 6.68. The van der Waals surface area contributed by atoms with E-state index in [-0.39, 0.29) is 24.1 Å². The second-order valence-corrected chi connectivity index (χ2v) is 14.1. The molecule has 0 fully saturated rings. The molecular formula is C29H27IN4O7S. The molecule has 1 aromatic heterocycles. The molecule has 42 heavy (non-hydrogen) atoms. The summed E-state index contributed by atoms with van der Waals surface area (Å²) in [5.74, 6) is -3.81. The van der Waals surface area contributed by atoms with Crippen LogP contribution in [0.4, 0.5) is 11.4 Å². The Morgan fingerprint density at radius 2 is 1.90 bits per heavy atom. The molecule has 11 nitrogen and oxygen atoms in total. The first-order valence-corrected chi connectivity index (χ1v) is 14.6. The van der Waals surface area contributed by atoms with Gasteiger partial charge < -0.3 is 26.0 Å². The summed E-state index contributed by atoms with van der Waals surface area (Å²) in [5, 5.41) is 37.9. The fraction of sp³-hybridized carbons (Fsp3) is 0.345. The van der Waals surface area contributed by atoms with Gasteiger partial charge in [-0.1, -0.05) is 5.92 Å². The normalized spacial score (nSPS) is 26.9. The zero-order chi connectivity index (χ0) is 31.0. The van der Waals surface area contributed by atoms with Crippen molar-refractivity contribution in [1.82, 2.24) is 4.90 Å². The van der Waals surface area contributed by atoms with Crippen molar-refractivity contribution in [3.05, 3.63) is 59.8 Å². The minimum atomic E-state index is -2.81. The Hall–Kier alpha value is -3.58. The van der Waals surface area contributed by atoms with Gasteiger partial charge in [0.25, 0.3) is 5.91 Å². The molecule has 0 radical (unpaired) electrons. The third kappa shape index (κ3) is 3.89. The average molecular weight is 703 g/mol. The number of ketones is 2. The summed E-state index contributed by atoms with van der Waals surface area (Å²) in [7, 11) is 6.65. The van der Waals surface area contributed by atoms with Gasteiger partial charge in [0.05, 0.1) is 25.5 Å². The van der Waals surface area contributed by atoms with Crippen molar-refractivity contribution in [1.29, 1.82) is 0 Å². The van der Waals surface area contributed by atoms with E-state index < -0.39 is 63.1 Å². The lowest BCUT2D eigenvalue weighted by molar-refractivity contribution is -0.149. The number of likely N-dealkylation sites (N-methyl/N-ethyl adjacent to an activating group) is 1. The number of nitrogens with zero attached hydrogens (tertiary/aromatic N) is 3. The van der Waals surface area contributed by atoms with Crippen LogP contribution < -0.4 is 10.6 Å². The standard InChI is InChI=1S/C29H27IN4O7S/c1-6-28-10-13-15(33(2)3)9-12(16-7-8-17(30)42-16)21(32-41)18(13)23(35)20(28)26(38)29(40)14(11-28)22(34(4)5)24(36)19(25(29)37)27(31)39/h1,7-9,14,22,36,38,40H,10-11H2,2-5H3,(H2,31,39)/t14-,22-,28-,29+/m0/s1. The van der Waals surface area contributed by atoms with Crippen molar-refractivity contribution >= 4 is 62.8 Å². The third-order valence-electron chi connectivity index (χ3n) is 8.48. The molecule has 5 rings (SSSR count). The number of carbonyl (C=O) groups is 3. The monoisotopic (exact) mass is 702 g/mol. The number of carbonyl (C=O) groups excluding carboxylic acids is 3. The van der Waals surface area contributed by atoms with Gasteiger partial charge in [-0.3, -0.25) is 19.3 Å². The molecule has 2 aromatic rings. The summed E-state index contributed by atoms with van der Waals surface area (Å²) in [4.78, 5) is 56.7. The second kappa shape index (κ2) is 10.0. The van der Waals surface area contributed by atoms with Gasteiger partial charge in [-0.25, -0.2) is 0 Å². The molecule has 3 aliphatic carbocycles. The van der Waals surface area contributed by atoms with E-state index in [1.807, 2.05) is 6.07 Å². The second-order valence-electron chi connectivity index (χ2n) is 11.1. The number of nitroso groups, excluding NO2 is 1. The number of anilines is 1. The molecule has 0 saturated carbocycles. The largest absolute Gasteiger partial charge is 0.510 e. The molecule has 218 valence electrons. The molecule has 0 bridgehead atoms. The van der Waals surface area contributed by atoms with Crippen molar-refractivity contribution in [2.45, 2.75) is 24.5 Å². The number of terminal acetylenes is 1. The van der Waals surface area contributed by atoms with E-state index >= 15 is 0 Å². The predicted molar refractivity (Wildman–Crippen MR) is 166 cm³/mol. The maximum absolute atomic E-state index is 14.5. The van der Waals surface area contributed by atoms with E-state index in [9.17, 15) is 34.6 Å². The van der Waals surface area contributed by atoms with Crippen LogP contribution in [0.25, 0.3) is 10.4 Å². The zero-order valence-corrected chi connectivity index (χ0v) is 26.0. The van der Waals surface area contributed by atoms with Gasteiger partial charge in [0.15, 0.2) is 11.4 Å². The zero-order valence-electron chi connectivity index (χ0n) is 23.1. The summed E-state index contributed by atoms with van der Waals surface area (Å²) in [6.07, 6.45) is 5.84. The fourth-order valence-corrected chi connectivity index (χ4v) is 8.32. The first-order valence-electron chi connectivity index (χ1n) is 12.8. The van der Waals surface area contributed by atoms with Crippen molar-refractivity contribution in [2.75, 3.05) is 33.1 Å². The SMILES string of the molecule is C#C[C@@]12Cc3c(N(C)C)cc(-c4ccc(I)s4)c(N=O)c3C(=O)C1=C(O)[C@]1(O)C(=O)C(C(N)=O)=C(O)[C@@H](N(C)C)[C@@H]1C2. The number of aliphatic hydroxyl groups is 3. The number of hydrogen-bond donors (Lipinski definition) is 4. The molecule has 0 saturated heterocycles. The lowest BCUT2D eigenvalue weighted by atomic mass is 9.52. The summed E-state index contributed by atoms with van der Waals surface area (Å²) in [5.41, 5.74) is 0.923. The van der Waals surface area contributed by atoms with Crippen LogP contribution in [0.1, 0.15) is 22.3 Å². The molecule has 5 N–H and O–H groups in total. The van der Waals surface area contributed by atoms with Crippen LogP contribution in [0.2, 0.25) is 0 Å². The maximum Gasteiger partial charge on any atom is 0.255 e. The van der Waals surface area contributed by atoms with Crippen LogP contribution in [-0.4, -0.2) is 77.5 Å². The quantitative estimate of drug-likeness (QED) is 0.158. The Labute approximate surface area is 258 Å². The number of amides is 1. The highest BCUT2D eigenvalue weighted by Gasteiger charge is 2.66. The highest BCUT2D eigenvalue weighted by molar-refractivity contribution is 14.1. The topological polar surface area (TPSA) is 174 Å². The first-order chi connectivity index (χ1) is 19.7. The molecule has 1 heterocycles. The molecule has 0 spiro atoms. The average Bonchev–Trinajstić information content (AvgIpc) is 3.35. The van der Waals surface area contributed by atoms with E-state index in [2.05, 4.69) is 33.7 Å². The number of benzene rings is 1. The van der Waals surface area contributed by atoms with Gasteiger partial charge in [0, 0.05) is 36.1 Å². The molecule has 4 atom stereocenters. The van der Waals surface area contributed by atoms with Crippen LogP contribution in [0.3, 0.4) is 0 Å². The van der Waals surface area contributed by atoms with Gasteiger partial charge in [0.2, 0.25) is 5.78 Å². The molecule has 3 aliphatic rings. The van der Waals surface area contributed by atoms with E-state index in [1.54, 1.807) is 45.2 Å². The maximum atomic E-state index is 14.5. The van der Waals surface area contributed by atoms with Gasteiger partial charge >= 0.3 is 0 Å². The van der Waals surface area contributed by atoms with Crippen molar-refractivity contribution < 1.29 is 29.7 Å². The number of Topliss-reactive ketones (excluding diaryl/α,β-unsaturated/α-hetero) is 2. The van der Waals surface area contributed by atoms with Crippen LogP contribution >= 0.6 is 33.9 Å². The number of halogens is 1. The Balaban J connectivity index is 1.87. The van der Waals surface area contributed by atoms with E-state index in [0.29, 0.717) is 21.7 Å². The number of allylic oxidation sites excluding steroid dienone is 1. The van der Waals surface area contributed by atoms with E-state index in [4.69, 9.17) is 12.2 Å². The van der Waals surface area contributed by atoms with Crippen LogP contribution in [0.15, 0.2) is 46.0 Å². The number of aliphatic hydroxyl groups excluding tert-OH is 2. The van der Waals surface area contributed by atoms with Crippen molar-refractivity contribution in [3.63, 3.8) is 0 Å². The minimum Gasteiger partial charge on any atom is -0.510 e. The smallest absolute Gasteiger partial charge is 0.255 e. The molecule has 1 amide bonds. The molecule has 1 aromatic carbocycles. The summed E-state index contributed by atoms with van der Waals surface area (Å²) < 4.78 is 0.940. The Kier molecular flexibility index (Phi) is 7.12. The van der Waals surface area contributed by atoms with E-state index in [1.165, 1.54) is 16.2 Å². The third-order valence-corrected chi connectivity index (χ3v) is 10.4. The number of rotatable bonds is 5. The van der Waals surface area contributed by atoms with Crippen molar-refractivity contribution in [3.8, 4) is 22.8 Å². The van der Waals surface area contributed by atoms with Crippen molar-refractivity contribution in [2.24, 2.45) is 22.2 Å². The number of primary amides is 1. The summed E-state index contributed by atoms with van der Waals surface area (Å²) >= 11 is 3.53. The predicted octanol–water partition coefficient (Wildman–Crippen LogP) is 3.22. The Bertz CT molecular complexity index is 1720. The molecule has 0 unspecified atom stereocenters. The molecule has 0 aliphatic heterocycles. The number of hydrogen-bond acceptors (Lipinski definition) is 11. The Morgan fingerprint density at radius 1 is 1.24 bits per heavy atom. The van der Waals surface area contributed by atoms with Crippen LogP contribution in [0.5, 0.6) is 0 Å². The minimum absolute atomic E-state index is 0.0453. The highest BCUT2D eigenvalue weighted by atomic mass is 127.